The van der Waals surface area contributed by atoms with E-state index in [1.165, 1.54) is 0 Å². The van der Waals surface area contributed by atoms with Gasteiger partial charge in [-0.05, 0) is 29.7 Å². The third-order valence-corrected chi connectivity index (χ3v) is 2.32. The van der Waals surface area contributed by atoms with Crippen LogP contribution in [0, 0.1) is 0 Å². The molecule has 0 aliphatic rings. The number of halogens is 1. The fraction of sp³-hybridized carbons (Fsp3) is 0.400. The molecule has 0 heterocycles. The lowest BCUT2D eigenvalue weighted by Crippen LogP contribution is -2.16. The quantitative estimate of drug-likeness (QED) is 0.781. The van der Waals surface area contributed by atoms with Crippen LogP contribution in [0.25, 0.3) is 0 Å². The van der Waals surface area contributed by atoms with Crippen molar-refractivity contribution in [1.82, 2.24) is 0 Å². The monoisotopic (exact) mass is 199 g/mol. The molecule has 72 valence electrons. The van der Waals surface area contributed by atoms with E-state index in [0.29, 0.717) is 5.02 Å². The summed E-state index contributed by atoms with van der Waals surface area (Å²) in [5.41, 5.74) is 7.82. The van der Waals surface area contributed by atoms with Gasteiger partial charge >= 0.3 is 0 Å². The van der Waals surface area contributed by atoms with Crippen LogP contribution in [-0.4, -0.2) is 11.7 Å². The van der Waals surface area contributed by atoms with Crippen molar-refractivity contribution in [3.63, 3.8) is 0 Å². The summed E-state index contributed by atoms with van der Waals surface area (Å²) in [5.74, 6) is 0. The van der Waals surface area contributed by atoms with E-state index in [4.69, 9.17) is 22.4 Å². The summed E-state index contributed by atoms with van der Waals surface area (Å²) in [6, 6.07) is 5.29. The Morgan fingerprint density at radius 1 is 1.54 bits per heavy atom. The number of aryl methyl sites for hydroxylation is 1. The molecule has 0 aromatic heterocycles. The van der Waals surface area contributed by atoms with Crippen LogP contribution in [0.5, 0.6) is 0 Å². The molecule has 0 fully saturated rings. The van der Waals surface area contributed by atoms with Gasteiger partial charge in [0.15, 0.2) is 0 Å². The van der Waals surface area contributed by atoms with Gasteiger partial charge in [-0.3, -0.25) is 0 Å². The first-order valence-corrected chi connectivity index (χ1v) is 4.71. The Morgan fingerprint density at radius 2 is 2.23 bits per heavy atom. The summed E-state index contributed by atoms with van der Waals surface area (Å²) >= 11 is 5.84. The number of aliphatic hydroxyl groups excluding tert-OH is 1. The maximum Gasteiger partial charge on any atom is 0.0624 e. The van der Waals surface area contributed by atoms with Crippen LogP contribution >= 0.6 is 11.6 Å². The lowest BCUT2D eigenvalue weighted by Gasteiger charge is -2.13. The van der Waals surface area contributed by atoms with Gasteiger partial charge in [-0.15, -0.1) is 0 Å². The Labute approximate surface area is 83.3 Å². The zero-order chi connectivity index (χ0) is 9.84. The summed E-state index contributed by atoms with van der Waals surface area (Å²) < 4.78 is 0. The molecule has 3 heteroatoms. The van der Waals surface area contributed by atoms with Crippen molar-refractivity contribution < 1.29 is 5.11 Å². The SMILES string of the molecule is CCc1ccc(Cl)cc1[C@@H](N)CO. The first-order chi connectivity index (χ1) is 6.19. The molecule has 0 unspecified atom stereocenters. The standard InChI is InChI=1S/C10H14ClNO/c1-2-7-3-4-8(11)5-9(7)10(12)6-13/h3-5,10,13H,2,6,12H2,1H3/t10-/m0/s1. The molecule has 1 rings (SSSR count). The van der Waals surface area contributed by atoms with E-state index < -0.39 is 0 Å². The molecule has 0 amide bonds. The first-order valence-electron chi connectivity index (χ1n) is 4.33. The summed E-state index contributed by atoms with van der Waals surface area (Å²) in [7, 11) is 0. The van der Waals surface area contributed by atoms with Gasteiger partial charge < -0.3 is 10.8 Å². The Morgan fingerprint density at radius 3 is 2.77 bits per heavy atom. The molecule has 2 nitrogen and oxygen atoms in total. The molecule has 13 heavy (non-hydrogen) atoms. The fourth-order valence-corrected chi connectivity index (χ4v) is 1.51. The molecular weight excluding hydrogens is 186 g/mol. The van der Waals surface area contributed by atoms with Crippen LogP contribution < -0.4 is 5.73 Å². The summed E-state index contributed by atoms with van der Waals surface area (Å²) in [6.07, 6.45) is 0.903. The lowest BCUT2D eigenvalue weighted by atomic mass is 10.00. The predicted molar refractivity (Wildman–Crippen MR) is 54.8 cm³/mol. The molecule has 1 aromatic rings. The second-order valence-corrected chi connectivity index (χ2v) is 3.42. The molecule has 0 spiro atoms. The zero-order valence-corrected chi connectivity index (χ0v) is 8.38. The van der Waals surface area contributed by atoms with E-state index in [1.807, 2.05) is 18.2 Å². The maximum absolute atomic E-state index is 8.93. The van der Waals surface area contributed by atoms with Gasteiger partial charge in [-0.2, -0.15) is 0 Å². The molecule has 3 N–H and O–H groups in total. The third kappa shape index (κ3) is 2.44. The van der Waals surface area contributed by atoms with Gasteiger partial charge in [0.05, 0.1) is 12.6 Å². The van der Waals surface area contributed by atoms with Gasteiger partial charge in [-0.25, -0.2) is 0 Å². The summed E-state index contributed by atoms with van der Waals surface area (Å²) in [4.78, 5) is 0. The zero-order valence-electron chi connectivity index (χ0n) is 7.63. The highest BCUT2D eigenvalue weighted by Crippen LogP contribution is 2.21. The van der Waals surface area contributed by atoms with Crippen molar-refractivity contribution in [3.8, 4) is 0 Å². The maximum atomic E-state index is 8.93. The van der Waals surface area contributed by atoms with Gasteiger partial charge in [0.25, 0.3) is 0 Å². The molecule has 0 radical (unpaired) electrons. The molecule has 1 aromatic carbocycles. The highest BCUT2D eigenvalue weighted by molar-refractivity contribution is 6.30. The minimum atomic E-state index is -0.325. The van der Waals surface area contributed by atoms with Crippen LogP contribution in [0.2, 0.25) is 5.02 Å². The molecule has 0 aliphatic heterocycles. The van der Waals surface area contributed by atoms with E-state index in [0.717, 1.165) is 17.5 Å². The number of nitrogens with two attached hydrogens (primary N) is 1. The smallest absolute Gasteiger partial charge is 0.0624 e. The number of aliphatic hydroxyl groups is 1. The van der Waals surface area contributed by atoms with Gasteiger partial charge in [0.1, 0.15) is 0 Å². The third-order valence-electron chi connectivity index (χ3n) is 2.08. The van der Waals surface area contributed by atoms with E-state index in [2.05, 4.69) is 6.92 Å². The fourth-order valence-electron chi connectivity index (χ4n) is 1.33. The Hall–Kier alpha value is -0.570. The number of benzene rings is 1. The molecule has 0 saturated carbocycles. The number of hydrogen-bond donors (Lipinski definition) is 2. The van der Waals surface area contributed by atoms with E-state index in [9.17, 15) is 0 Å². The highest BCUT2D eigenvalue weighted by Gasteiger charge is 2.09. The lowest BCUT2D eigenvalue weighted by molar-refractivity contribution is 0.267. The molecule has 0 saturated heterocycles. The van der Waals surface area contributed by atoms with Crippen molar-refractivity contribution >= 4 is 11.6 Å². The van der Waals surface area contributed by atoms with Gasteiger partial charge in [-0.1, -0.05) is 24.6 Å². The summed E-state index contributed by atoms with van der Waals surface area (Å²) in [5, 5.41) is 9.59. The minimum absolute atomic E-state index is 0.0483. The largest absolute Gasteiger partial charge is 0.394 e. The predicted octanol–water partition coefficient (Wildman–Crippen LogP) is 1.89. The average Bonchev–Trinajstić information content (AvgIpc) is 2.16. The van der Waals surface area contributed by atoms with Crippen molar-refractivity contribution in [1.29, 1.82) is 0 Å². The Bertz CT molecular complexity index is 288. The highest BCUT2D eigenvalue weighted by atomic mass is 35.5. The van der Waals surface area contributed by atoms with Gasteiger partial charge in [0.2, 0.25) is 0 Å². The molecule has 0 bridgehead atoms. The minimum Gasteiger partial charge on any atom is -0.394 e. The Kier molecular flexibility index (Phi) is 3.72. The van der Waals surface area contributed by atoms with E-state index in [-0.39, 0.29) is 12.6 Å². The molecular formula is C10H14ClNO. The normalized spacial score (nSPS) is 12.9. The molecule has 0 aliphatic carbocycles. The number of rotatable bonds is 3. The second-order valence-electron chi connectivity index (χ2n) is 2.99. The van der Waals surface area contributed by atoms with Crippen molar-refractivity contribution in [2.45, 2.75) is 19.4 Å². The molecule has 1 atom stereocenters. The van der Waals surface area contributed by atoms with Crippen molar-refractivity contribution in [2.75, 3.05) is 6.61 Å². The van der Waals surface area contributed by atoms with Crippen LogP contribution in [0.4, 0.5) is 0 Å². The Balaban J connectivity index is 3.07. The average molecular weight is 200 g/mol. The summed E-state index contributed by atoms with van der Waals surface area (Å²) in [6.45, 7) is 2.00. The van der Waals surface area contributed by atoms with Crippen LogP contribution in [-0.2, 0) is 6.42 Å². The van der Waals surface area contributed by atoms with Crippen LogP contribution in [0.3, 0.4) is 0 Å². The van der Waals surface area contributed by atoms with E-state index in [1.54, 1.807) is 0 Å². The van der Waals surface area contributed by atoms with Crippen molar-refractivity contribution in [3.05, 3.63) is 34.3 Å². The number of hydrogen-bond acceptors (Lipinski definition) is 2. The first kappa shape index (κ1) is 10.5. The topological polar surface area (TPSA) is 46.2 Å². The van der Waals surface area contributed by atoms with Gasteiger partial charge in [0, 0.05) is 5.02 Å². The van der Waals surface area contributed by atoms with Crippen molar-refractivity contribution in [2.24, 2.45) is 5.73 Å². The second kappa shape index (κ2) is 4.61. The van der Waals surface area contributed by atoms with Crippen LogP contribution in [0.1, 0.15) is 24.1 Å². The van der Waals surface area contributed by atoms with E-state index >= 15 is 0 Å². The van der Waals surface area contributed by atoms with Crippen LogP contribution in [0.15, 0.2) is 18.2 Å².